The maximum absolute atomic E-state index is 12.0. The van der Waals surface area contributed by atoms with Crippen LogP contribution in [0.3, 0.4) is 0 Å². The molecular formula is C16H16ClN3O3. The first-order valence-electron chi connectivity index (χ1n) is 6.96. The highest BCUT2D eigenvalue weighted by molar-refractivity contribution is 5.94. The predicted molar refractivity (Wildman–Crippen MR) is 87.8 cm³/mol. The molecule has 0 saturated heterocycles. The van der Waals surface area contributed by atoms with Crippen molar-refractivity contribution < 1.29 is 14.3 Å². The predicted octanol–water partition coefficient (Wildman–Crippen LogP) is 2.15. The van der Waals surface area contributed by atoms with Gasteiger partial charge in [-0.25, -0.2) is 0 Å². The molecule has 0 aliphatic carbocycles. The van der Waals surface area contributed by atoms with Gasteiger partial charge in [0, 0.05) is 18.9 Å². The van der Waals surface area contributed by atoms with Crippen LogP contribution in [0.15, 0.2) is 42.7 Å². The summed E-state index contributed by atoms with van der Waals surface area (Å²) < 4.78 is 5.49. The second-order valence-electron chi connectivity index (χ2n) is 4.90. The Kier molecular flexibility index (Phi) is 5.54. The van der Waals surface area contributed by atoms with Crippen LogP contribution in [0.1, 0.15) is 22.3 Å². The molecule has 1 aromatic carbocycles. The van der Waals surface area contributed by atoms with Crippen molar-refractivity contribution in [2.45, 2.75) is 13.0 Å². The van der Waals surface area contributed by atoms with E-state index < -0.39 is 0 Å². The molecule has 2 N–H and O–H groups in total. The molecule has 3 rings (SSSR count). The van der Waals surface area contributed by atoms with Crippen LogP contribution in [0.5, 0.6) is 5.75 Å². The van der Waals surface area contributed by atoms with Crippen LogP contribution < -0.4 is 15.4 Å². The van der Waals surface area contributed by atoms with Crippen LogP contribution in [0.25, 0.3) is 0 Å². The minimum absolute atomic E-state index is 0. The summed E-state index contributed by atoms with van der Waals surface area (Å²) in [5, 5.41) is 5.61. The Morgan fingerprint density at radius 3 is 3.00 bits per heavy atom. The maximum atomic E-state index is 12.0. The van der Waals surface area contributed by atoms with Gasteiger partial charge in [-0.1, -0.05) is 6.07 Å². The summed E-state index contributed by atoms with van der Waals surface area (Å²) in [6.45, 7) is 0.729. The van der Waals surface area contributed by atoms with Crippen LogP contribution in [-0.2, 0) is 11.3 Å². The van der Waals surface area contributed by atoms with Gasteiger partial charge in [-0.2, -0.15) is 0 Å². The average molecular weight is 334 g/mol. The van der Waals surface area contributed by atoms with Crippen LogP contribution in [0.2, 0.25) is 0 Å². The number of hydrogen-bond donors (Lipinski definition) is 2. The van der Waals surface area contributed by atoms with E-state index in [0.717, 1.165) is 5.56 Å². The SMILES string of the molecule is Cl.O=C1CCOc2ccc(CNC(=O)c3cccnc3)cc2N1. The van der Waals surface area contributed by atoms with Crippen molar-refractivity contribution in [3.63, 3.8) is 0 Å². The fourth-order valence-electron chi connectivity index (χ4n) is 2.16. The van der Waals surface area contributed by atoms with Gasteiger partial charge >= 0.3 is 0 Å². The number of hydrogen-bond acceptors (Lipinski definition) is 4. The number of carbonyl (C=O) groups excluding carboxylic acids is 2. The van der Waals surface area contributed by atoms with Crippen molar-refractivity contribution >= 4 is 29.9 Å². The number of rotatable bonds is 3. The highest BCUT2D eigenvalue weighted by Crippen LogP contribution is 2.28. The third-order valence-electron chi connectivity index (χ3n) is 3.28. The number of benzene rings is 1. The molecule has 7 heteroatoms. The van der Waals surface area contributed by atoms with Gasteiger partial charge in [-0.15, -0.1) is 12.4 Å². The summed E-state index contributed by atoms with van der Waals surface area (Å²) in [4.78, 5) is 27.4. The monoisotopic (exact) mass is 333 g/mol. The Balaban J connectivity index is 0.00000192. The van der Waals surface area contributed by atoms with Gasteiger partial charge in [0.2, 0.25) is 5.91 Å². The first-order chi connectivity index (χ1) is 10.7. The number of nitrogens with zero attached hydrogens (tertiary/aromatic N) is 1. The van der Waals surface area contributed by atoms with E-state index in [1.54, 1.807) is 24.4 Å². The van der Waals surface area contributed by atoms with Crippen LogP contribution >= 0.6 is 12.4 Å². The normalized spacial score (nSPS) is 12.8. The Hall–Kier alpha value is -2.60. The van der Waals surface area contributed by atoms with E-state index in [1.807, 2.05) is 12.1 Å². The number of aromatic nitrogens is 1. The second-order valence-corrected chi connectivity index (χ2v) is 4.90. The molecule has 0 atom stereocenters. The van der Waals surface area contributed by atoms with Gasteiger partial charge < -0.3 is 15.4 Å². The number of halogens is 1. The number of ether oxygens (including phenoxy) is 1. The van der Waals surface area contributed by atoms with Gasteiger partial charge in [-0.05, 0) is 29.8 Å². The molecule has 0 spiro atoms. The largest absolute Gasteiger partial charge is 0.491 e. The van der Waals surface area contributed by atoms with Gasteiger partial charge in [0.25, 0.3) is 5.91 Å². The third kappa shape index (κ3) is 4.20. The van der Waals surface area contributed by atoms with E-state index in [4.69, 9.17) is 4.74 Å². The lowest BCUT2D eigenvalue weighted by atomic mass is 10.1. The first kappa shape index (κ1) is 16.8. The van der Waals surface area contributed by atoms with Crippen molar-refractivity contribution in [3.8, 4) is 5.75 Å². The number of amides is 2. The van der Waals surface area contributed by atoms with Crippen molar-refractivity contribution in [2.75, 3.05) is 11.9 Å². The van der Waals surface area contributed by atoms with E-state index in [9.17, 15) is 9.59 Å². The Morgan fingerprint density at radius 1 is 1.35 bits per heavy atom. The number of nitrogens with one attached hydrogen (secondary N) is 2. The molecule has 0 fully saturated rings. The van der Waals surface area contributed by atoms with Gasteiger partial charge in [0.15, 0.2) is 0 Å². The summed E-state index contributed by atoms with van der Waals surface area (Å²) >= 11 is 0. The van der Waals surface area contributed by atoms with Crippen molar-refractivity contribution in [2.24, 2.45) is 0 Å². The summed E-state index contributed by atoms with van der Waals surface area (Å²) in [5.41, 5.74) is 2.02. The van der Waals surface area contributed by atoms with Crippen molar-refractivity contribution in [1.82, 2.24) is 10.3 Å². The zero-order chi connectivity index (χ0) is 15.4. The molecule has 0 saturated carbocycles. The van der Waals surface area contributed by atoms with Gasteiger partial charge in [0.05, 0.1) is 24.3 Å². The quantitative estimate of drug-likeness (QED) is 0.902. The molecule has 6 nitrogen and oxygen atoms in total. The lowest BCUT2D eigenvalue weighted by Gasteiger charge is -2.10. The molecule has 1 aliphatic heterocycles. The lowest BCUT2D eigenvalue weighted by molar-refractivity contribution is -0.116. The zero-order valence-electron chi connectivity index (χ0n) is 12.2. The van der Waals surface area contributed by atoms with E-state index in [1.165, 1.54) is 6.20 Å². The molecule has 0 radical (unpaired) electrons. The van der Waals surface area contributed by atoms with E-state index in [2.05, 4.69) is 15.6 Å². The number of anilines is 1. The van der Waals surface area contributed by atoms with Crippen LogP contribution in [0, 0.1) is 0 Å². The summed E-state index contributed by atoms with van der Waals surface area (Å²) in [6, 6.07) is 8.88. The third-order valence-corrected chi connectivity index (χ3v) is 3.28. The van der Waals surface area contributed by atoms with E-state index in [0.29, 0.717) is 36.6 Å². The molecule has 2 aromatic rings. The summed E-state index contributed by atoms with van der Waals surface area (Å²) in [6.07, 6.45) is 3.47. The Bertz CT molecular complexity index is 707. The maximum Gasteiger partial charge on any atom is 0.253 e. The number of carbonyl (C=O) groups is 2. The highest BCUT2D eigenvalue weighted by atomic mass is 35.5. The molecule has 23 heavy (non-hydrogen) atoms. The topological polar surface area (TPSA) is 80.3 Å². The van der Waals surface area contributed by atoms with E-state index >= 15 is 0 Å². The lowest BCUT2D eigenvalue weighted by Crippen LogP contribution is -2.22. The van der Waals surface area contributed by atoms with E-state index in [-0.39, 0.29) is 24.2 Å². The highest BCUT2D eigenvalue weighted by Gasteiger charge is 2.14. The minimum atomic E-state index is -0.191. The minimum Gasteiger partial charge on any atom is -0.491 e. The molecule has 0 bridgehead atoms. The van der Waals surface area contributed by atoms with Crippen LogP contribution in [-0.4, -0.2) is 23.4 Å². The van der Waals surface area contributed by atoms with Gasteiger partial charge in [-0.3, -0.25) is 14.6 Å². The smallest absolute Gasteiger partial charge is 0.253 e. The van der Waals surface area contributed by atoms with Crippen LogP contribution in [0.4, 0.5) is 5.69 Å². The van der Waals surface area contributed by atoms with Gasteiger partial charge in [0.1, 0.15) is 5.75 Å². The number of fused-ring (bicyclic) bond motifs is 1. The molecule has 2 amide bonds. The summed E-state index contributed by atoms with van der Waals surface area (Å²) in [5.74, 6) is 0.381. The molecule has 1 aromatic heterocycles. The fourth-order valence-corrected chi connectivity index (χ4v) is 2.16. The number of pyridine rings is 1. The molecule has 2 heterocycles. The first-order valence-corrected chi connectivity index (χ1v) is 6.96. The average Bonchev–Trinajstić information content (AvgIpc) is 2.73. The van der Waals surface area contributed by atoms with Crippen molar-refractivity contribution in [1.29, 1.82) is 0 Å². The van der Waals surface area contributed by atoms with Crippen molar-refractivity contribution in [3.05, 3.63) is 53.9 Å². The molecule has 0 unspecified atom stereocenters. The molecule has 1 aliphatic rings. The molecular weight excluding hydrogens is 318 g/mol. The standard InChI is InChI=1S/C16H15N3O3.ClH/c20-15-5-7-22-14-4-3-11(8-13(14)19-15)9-18-16(21)12-2-1-6-17-10-12;/h1-4,6,8,10H,5,7,9H2,(H,18,21)(H,19,20);1H. The zero-order valence-corrected chi connectivity index (χ0v) is 13.1. The second kappa shape index (κ2) is 7.60. The summed E-state index contributed by atoms with van der Waals surface area (Å²) in [7, 11) is 0. The Labute approximate surface area is 139 Å². The fraction of sp³-hybridized carbons (Fsp3) is 0.188. The Morgan fingerprint density at radius 2 is 2.22 bits per heavy atom. The molecule has 120 valence electrons.